The van der Waals surface area contributed by atoms with E-state index in [9.17, 15) is 4.79 Å². The van der Waals surface area contributed by atoms with Crippen molar-refractivity contribution >= 4 is 17.3 Å². The molecule has 0 saturated heterocycles. The van der Waals surface area contributed by atoms with E-state index in [-0.39, 0.29) is 16.9 Å². The van der Waals surface area contributed by atoms with Crippen molar-refractivity contribution in [3.05, 3.63) is 28.0 Å². The molecular weight excluding hydrogens is 268 g/mol. The minimum absolute atomic E-state index is 0.148. The molecule has 0 spiro atoms. The molecule has 2 aromatic rings. The summed E-state index contributed by atoms with van der Waals surface area (Å²) < 4.78 is 10.5. The van der Waals surface area contributed by atoms with Crippen molar-refractivity contribution in [2.24, 2.45) is 0 Å². The summed E-state index contributed by atoms with van der Waals surface area (Å²) in [6, 6.07) is 1.47. The molecule has 19 heavy (non-hydrogen) atoms. The molecule has 102 valence electrons. The average molecular weight is 282 g/mol. The Kier molecular flexibility index (Phi) is 3.57. The van der Waals surface area contributed by atoms with Crippen LogP contribution in [-0.4, -0.2) is 21.2 Å². The predicted molar refractivity (Wildman–Crippen MR) is 68.6 cm³/mol. The summed E-state index contributed by atoms with van der Waals surface area (Å²) in [5.74, 6) is 0.509. The topological polar surface area (TPSA) is 85.5 Å². The lowest BCUT2D eigenvalue weighted by Gasteiger charge is -2.10. The number of aromatic nitrogens is 2. The fraction of sp³-hybridized carbons (Fsp3) is 0.417. The van der Waals surface area contributed by atoms with Crippen LogP contribution >= 0.6 is 11.3 Å². The number of aromatic carboxylic acids is 1. The molecule has 0 aliphatic carbocycles. The summed E-state index contributed by atoms with van der Waals surface area (Å²) in [5.41, 5.74) is -0.204. The van der Waals surface area contributed by atoms with Crippen molar-refractivity contribution in [2.75, 3.05) is 0 Å². The number of hydrogen-bond acceptors (Lipinski definition) is 6. The van der Waals surface area contributed by atoms with Gasteiger partial charge in [-0.05, 0) is 0 Å². The standard InChI is InChI=1S/C12H14N2O4S/c1-12(2,3)11-13-9(14-18-11)5-17-7-4-8(10(15)16)19-6-7/h4,6H,5H2,1-3H3,(H,15,16). The van der Waals surface area contributed by atoms with Gasteiger partial charge in [0.2, 0.25) is 11.7 Å². The Labute approximate surface area is 114 Å². The monoisotopic (exact) mass is 282 g/mol. The predicted octanol–water partition coefficient (Wildman–Crippen LogP) is 2.71. The van der Waals surface area contributed by atoms with Crippen molar-refractivity contribution in [2.45, 2.75) is 32.8 Å². The number of rotatable bonds is 4. The summed E-state index contributed by atoms with van der Waals surface area (Å²) in [5, 5.41) is 14.2. The lowest BCUT2D eigenvalue weighted by atomic mass is 9.97. The molecule has 0 atom stereocenters. The fourth-order valence-electron chi connectivity index (χ4n) is 1.27. The van der Waals surface area contributed by atoms with Crippen LogP contribution in [0.2, 0.25) is 0 Å². The van der Waals surface area contributed by atoms with Crippen LogP contribution in [-0.2, 0) is 12.0 Å². The van der Waals surface area contributed by atoms with E-state index in [1.807, 2.05) is 20.8 Å². The van der Waals surface area contributed by atoms with Gasteiger partial charge in [0.15, 0.2) is 6.61 Å². The Morgan fingerprint density at radius 2 is 2.26 bits per heavy atom. The van der Waals surface area contributed by atoms with Crippen molar-refractivity contribution < 1.29 is 19.2 Å². The second kappa shape index (κ2) is 5.00. The maximum absolute atomic E-state index is 10.7. The molecule has 2 heterocycles. The van der Waals surface area contributed by atoms with Crippen molar-refractivity contribution in [1.29, 1.82) is 0 Å². The summed E-state index contributed by atoms with van der Waals surface area (Å²) in [6.45, 7) is 6.07. The van der Waals surface area contributed by atoms with E-state index >= 15 is 0 Å². The van der Waals surface area contributed by atoms with Gasteiger partial charge in [0.25, 0.3) is 0 Å². The minimum atomic E-state index is -0.963. The second-order valence-electron chi connectivity index (χ2n) is 5.01. The molecule has 2 rings (SSSR count). The van der Waals surface area contributed by atoms with Crippen molar-refractivity contribution in [3.63, 3.8) is 0 Å². The first-order valence-corrected chi connectivity index (χ1v) is 6.52. The molecule has 1 N–H and O–H groups in total. The van der Waals surface area contributed by atoms with E-state index in [2.05, 4.69) is 10.1 Å². The number of carboxylic acids is 1. The highest BCUT2D eigenvalue weighted by Crippen LogP contribution is 2.23. The smallest absolute Gasteiger partial charge is 0.346 e. The molecule has 0 aliphatic heterocycles. The van der Waals surface area contributed by atoms with E-state index in [0.29, 0.717) is 17.5 Å². The average Bonchev–Trinajstić information content (AvgIpc) is 2.95. The quantitative estimate of drug-likeness (QED) is 0.928. The molecule has 0 bridgehead atoms. The number of thiophene rings is 1. The van der Waals surface area contributed by atoms with Gasteiger partial charge in [0.05, 0.1) is 0 Å². The lowest BCUT2D eigenvalue weighted by molar-refractivity contribution is 0.0702. The highest BCUT2D eigenvalue weighted by molar-refractivity contribution is 7.12. The normalized spacial score (nSPS) is 11.5. The van der Waals surface area contributed by atoms with E-state index in [0.717, 1.165) is 11.3 Å². The van der Waals surface area contributed by atoms with Gasteiger partial charge < -0.3 is 14.4 Å². The van der Waals surface area contributed by atoms with E-state index < -0.39 is 5.97 Å². The summed E-state index contributed by atoms with van der Waals surface area (Å²) in [4.78, 5) is 15.2. The van der Waals surface area contributed by atoms with E-state index in [4.69, 9.17) is 14.4 Å². The number of nitrogens with zero attached hydrogens (tertiary/aromatic N) is 2. The molecule has 0 amide bonds. The van der Waals surface area contributed by atoms with Gasteiger partial charge in [-0.2, -0.15) is 4.98 Å². The van der Waals surface area contributed by atoms with E-state index in [1.54, 1.807) is 5.38 Å². The first-order chi connectivity index (χ1) is 8.86. The molecule has 0 saturated carbocycles. The van der Waals surface area contributed by atoms with Gasteiger partial charge >= 0.3 is 5.97 Å². The van der Waals surface area contributed by atoms with Crippen LogP contribution in [0, 0.1) is 0 Å². The highest BCUT2D eigenvalue weighted by Gasteiger charge is 2.21. The highest BCUT2D eigenvalue weighted by atomic mass is 32.1. The first kappa shape index (κ1) is 13.5. The number of carbonyl (C=O) groups is 1. The maximum Gasteiger partial charge on any atom is 0.346 e. The van der Waals surface area contributed by atoms with Crippen LogP contribution in [0.3, 0.4) is 0 Å². The van der Waals surface area contributed by atoms with Gasteiger partial charge in [-0.25, -0.2) is 4.79 Å². The Morgan fingerprint density at radius 1 is 1.53 bits per heavy atom. The fourth-order valence-corrected chi connectivity index (χ4v) is 1.94. The zero-order valence-electron chi connectivity index (χ0n) is 10.8. The molecule has 0 fully saturated rings. The van der Waals surface area contributed by atoms with Crippen LogP contribution in [0.25, 0.3) is 0 Å². The van der Waals surface area contributed by atoms with Crippen LogP contribution in [0.5, 0.6) is 5.75 Å². The third kappa shape index (κ3) is 3.31. The number of hydrogen-bond donors (Lipinski definition) is 1. The summed E-state index contributed by atoms with van der Waals surface area (Å²) >= 11 is 1.11. The lowest BCUT2D eigenvalue weighted by Crippen LogP contribution is -2.11. The van der Waals surface area contributed by atoms with Crippen LogP contribution in [0.15, 0.2) is 16.0 Å². The van der Waals surface area contributed by atoms with Gasteiger partial charge in [0, 0.05) is 16.9 Å². The third-order valence-electron chi connectivity index (χ3n) is 2.26. The minimum Gasteiger partial charge on any atom is -0.485 e. The molecule has 2 aromatic heterocycles. The van der Waals surface area contributed by atoms with Crippen molar-refractivity contribution in [1.82, 2.24) is 10.1 Å². The van der Waals surface area contributed by atoms with Gasteiger partial charge in [0.1, 0.15) is 10.6 Å². The Hall–Kier alpha value is -1.89. The van der Waals surface area contributed by atoms with Crippen LogP contribution in [0.1, 0.15) is 42.2 Å². The molecule has 0 unspecified atom stereocenters. The molecule has 0 aromatic carbocycles. The second-order valence-corrected chi connectivity index (χ2v) is 5.92. The largest absolute Gasteiger partial charge is 0.485 e. The molecule has 6 nitrogen and oxygen atoms in total. The van der Waals surface area contributed by atoms with E-state index in [1.165, 1.54) is 6.07 Å². The molecule has 0 radical (unpaired) electrons. The zero-order chi connectivity index (χ0) is 14.0. The summed E-state index contributed by atoms with van der Waals surface area (Å²) in [7, 11) is 0. The SMILES string of the molecule is CC(C)(C)c1nc(COc2csc(C(=O)O)c2)no1. The van der Waals surface area contributed by atoms with Crippen LogP contribution in [0.4, 0.5) is 0 Å². The van der Waals surface area contributed by atoms with Gasteiger partial charge in [-0.15, -0.1) is 11.3 Å². The van der Waals surface area contributed by atoms with Crippen LogP contribution < -0.4 is 4.74 Å². The Bertz CT molecular complexity index is 583. The number of ether oxygens (including phenoxy) is 1. The van der Waals surface area contributed by atoms with Gasteiger partial charge in [-0.1, -0.05) is 25.9 Å². The van der Waals surface area contributed by atoms with Crippen molar-refractivity contribution in [3.8, 4) is 5.75 Å². The Morgan fingerprint density at radius 3 is 2.79 bits per heavy atom. The molecule has 7 heteroatoms. The Balaban J connectivity index is 1.98. The third-order valence-corrected chi connectivity index (χ3v) is 3.16. The zero-order valence-corrected chi connectivity index (χ0v) is 11.7. The van der Waals surface area contributed by atoms with Gasteiger partial charge in [-0.3, -0.25) is 0 Å². The molecule has 0 aliphatic rings. The first-order valence-electron chi connectivity index (χ1n) is 5.64. The summed E-state index contributed by atoms with van der Waals surface area (Å²) in [6.07, 6.45) is 0. The maximum atomic E-state index is 10.7. The number of carboxylic acid groups (broad SMARTS) is 1. The molecular formula is C12H14N2O4S.